The molecule has 3 aliphatic rings. The van der Waals surface area contributed by atoms with Gasteiger partial charge in [-0.05, 0) is 42.8 Å². The summed E-state index contributed by atoms with van der Waals surface area (Å²) in [5.74, 6) is -1.07. The highest BCUT2D eigenvalue weighted by atomic mass is 19.4. The summed E-state index contributed by atoms with van der Waals surface area (Å²) in [6.45, 7) is 0.148. The molecule has 3 heterocycles. The summed E-state index contributed by atoms with van der Waals surface area (Å²) in [5, 5.41) is 12.1. The second-order valence-corrected chi connectivity index (χ2v) is 9.20. The molecule has 37 heavy (non-hydrogen) atoms. The lowest BCUT2D eigenvalue weighted by atomic mass is 10.0. The molecule has 0 N–H and O–H groups in total. The first kappa shape index (κ1) is 23.0. The Bertz CT molecular complexity index is 1510. The van der Waals surface area contributed by atoms with Crippen LogP contribution in [0.15, 0.2) is 60.7 Å². The Kier molecular flexibility index (Phi) is 4.81. The number of nitro benzene ring substituents is 1. The van der Waals surface area contributed by atoms with E-state index in [4.69, 9.17) is 0 Å². The third kappa shape index (κ3) is 3.28. The van der Waals surface area contributed by atoms with Crippen molar-refractivity contribution in [1.82, 2.24) is 9.80 Å². The van der Waals surface area contributed by atoms with Gasteiger partial charge in [0.25, 0.3) is 17.5 Å². The van der Waals surface area contributed by atoms with Gasteiger partial charge in [0.05, 0.1) is 33.6 Å². The van der Waals surface area contributed by atoms with E-state index in [-0.39, 0.29) is 28.9 Å². The number of halogens is 3. The largest absolute Gasteiger partial charge is 0.416 e. The fourth-order valence-corrected chi connectivity index (χ4v) is 5.70. The molecule has 9 nitrogen and oxygen atoms in total. The highest BCUT2D eigenvalue weighted by molar-refractivity contribution is 6.25. The van der Waals surface area contributed by atoms with E-state index in [9.17, 15) is 37.7 Å². The van der Waals surface area contributed by atoms with Gasteiger partial charge in [0, 0.05) is 23.6 Å². The van der Waals surface area contributed by atoms with Crippen LogP contribution >= 0.6 is 0 Å². The molecule has 3 aromatic rings. The third-order valence-electron chi connectivity index (χ3n) is 7.30. The molecule has 1 unspecified atom stereocenters. The first-order valence-corrected chi connectivity index (χ1v) is 11.4. The Morgan fingerprint density at radius 3 is 2.30 bits per heavy atom. The van der Waals surface area contributed by atoms with E-state index in [0.29, 0.717) is 11.8 Å². The van der Waals surface area contributed by atoms with E-state index < -0.39 is 52.6 Å². The molecule has 0 radical (unpaired) electrons. The van der Waals surface area contributed by atoms with Crippen molar-refractivity contribution in [2.24, 2.45) is 0 Å². The zero-order valence-corrected chi connectivity index (χ0v) is 18.9. The number of amides is 4. The quantitative estimate of drug-likeness (QED) is 0.299. The van der Waals surface area contributed by atoms with Crippen LogP contribution in [0.3, 0.4) is 0 Å². The molecule has 188 valence electrons. The molecule has 2 bridgehead atoms. The molecular formula is C25H17F3N4O5. The Labute approximate surface area is 206 Å². The number of anilines is 1. The van der Waals surface area contributed by atoms with Gasteiger partial charge in [-0.2, -0.15) is 13.2 Å². The Balaban J connectivity index is 1.32. The smallest absolute Gasteiger partial charge is 0.331 e. The second kappa shape index (κ2) is 7.76. The maximum atomic E-state index is 13.6. The number of nitro groups is 1. The average Bonchev–Trinajstić information content (AvgIpc) is 3.54. The van der Waals surface area contributed by atoms with Crippen LogP contribution in [-0.4, -0.2) is 57.2 Å². The van der Waals surface area contributed by atoms with Crippen LogP contribution < -0.4 is 4.90 Å². The fraction of sp³-hybridized carbons (Fsp3) is 0.240. The third-order valence-corrected chi connectivity index (χ3v) is 7.30. The maximum absolute atomic E-state index is 13.6. The molecule has 3 aromatic carbocycles. The van der Waals surface area contributed by atoms with E-state index in [1.54, 1.807) is 18.2 Å². The SMILES string of the molecule is O=C1C2[C@@H]3C[C@@H](CN3C(=O)c3ccc(C(F)(F)F)cc3)N2C(=O)N1c1ccc([N+](=O)[O-])c2ccccc12. The molecule has 0 spiro atoms. The summed E-state index contributed by atoms with van der Waals surface area (Å²) in [7, 11) is 0. The van der Waals surface area contributed by atoms with E-state index in [1.165, 1.54) is 28.0 Å². The van der Waals surface area contributed by atoms with E-state index >= 15 is 0 Å². The van der Waals surface area contributed by atoms with Gasteiger partial charge in [-0.25, -0.2) is 9.69 Å². The van der Waals surface area contributed by atoms with Gasteiger partial charge < -0.3 is 9.80 Å². The monoisotopic (exact) mass is 510 g/mol. The summed E-state index contributed by atoms with van der Waals surface area (Å²) < 4.78 is 38.7. The van der Waals surface area contributed by atoms with Gasteiger partial charge in [-0.15, -0.1) is 0 Å². The molecule has 12 heteroatoms. The highest BCUT2D eigenvalue weighted by Crippen LogP contribution is 2.44. The van der Waals surface area contributed by atoms with Crippen LogP contribution in [-0.2, 0) is 11.0 Å². The molecule has 3 atom stereocenters. The molecule has 0 saturated carbocycles. The number of hydrogen-bond donors (Lipinski definition) is 0. The number of urea groups is 1. The first-order valence-electron chi connectivity index (χ1n) is 11.4. The fourth-order valence-electron chi connectivity index (χ4n) is 5.70. The minimum atomic E-state index is -4.53. The number of rotatable bonds is 3. The number of imide groups is 1. The van der Waals surface area contributed by atoms with Crippen molar-refractivity contribution in [1.29, 1.82) is 0 Å². The van der Waals surface area contributed by atoms with Crippen molar-refractivity contribution in [2.75, 3.05) is 11.4 Å². The van der Waals surface area contributed by atoms with Gasteiger partial charge in [0.15, 0.2) is 0 Å². The van der Waals surface area contributed by atoms with Crippen molar-refractivity contribution in [3.63, 3.8) is 0 Å². The molecule has 6 rings (SSSR count). The summed E-state index contributed by atoms with van der Waals surface area (Å²) in [6, 6.07) is 10.3. The van der Waals surface area contributed by atoms with Crippen molar-refractivity contribution in [3.8, 4) is 0 Å². The standard InChI is InChI=1S/C25H17F3N4O5/c26-25(27,28)14-7-5-13(6-8-14)22(33)29-12-15-11-20(29)21-23(34)31(24(35)30(15)21)18-9-10-19(32(36)37)17-4-2-1-3-16(17)18/h1-10,15,20-21H,11-12H2/t15-,20-,21?/m0/s1. The molecule has 4 amide bonds. The Morgan fingerprint density at radius 1 is 0.973 bits per heavy atom. The number of non-ortho nitro benzene ring substituents is 1. The minimum Gasteiger partial charge on any atom is -0.331 e. The first-order chi connectivity index (χ1) is 17.6. The van der Waals surface area contributed by atoms with E-state index in [0.717, 1.165) is 29.2 Å². The molecule has 3 saturated heterocycles. The zero-order chi connectivity index (χ0) is 26.2. The number of carbonyl (C=O) groups is 3. The number of hydrogen-bond acceptors (Lipinski definition) is 5. The lowest BCUT2D eigenvalue weighted by Crippen LogP contribution is -2.54. The van der Waals surface area contributed by atoms with Gasteiger partial charge in [0.2, 0.25) is 0 Å². The van der Waals surface area contributed by atoms with Crippen LogP contribution in [0.5, 0.6) is 0 Å². The molecular weight excluding hydrogens is 493 g/mol. The van der Waals surface area contributed by atoms with Crippen LogP contribution in [0.25, 0.3) is 10.8 Å². The summed E-state index contributed by atoms with van der Waals surface area (Å²) in [4.78, 5) is 55.0. The number of benzene rings is 3. The molecule has 3 fully saturated rings. The maximum Gasteiger partial charge on any atom is 0.416 e. The topological polar surface area (TPSA) is 104 Å². The van der Waals surface area contributed by atoms with Gasteiger partial charge in [0.1, 0.15) is 6.04 Å². The number of carbonyl (C=O) groups excluding carboxylic acids is 3. The minimum absolute atomic E-state index is 0.0575. The van der Waals surface area contributed by atoms with E-state index in [1.807, 2.05) is 0 Å². The van der Waals surface area contributed by atoms with Crippen LogP contribution in [0.4, 0.5) is 29.3 Å². The number of alkyl halides is 3. The highest BCUT2D eigenvalue weighted by Gasteiger charge is 2.63. The lowest BCUT2D eigenvalue weighted by Gasteiger charge is -2.35. The zero-order valence-electron chi connectivity index (χ0n) is 18.9. The lowest BCUT2D eigenvalue weighted by molar-refractivity contribution is -0.383. The predicted octanol–water partition coefficient (Wildman–Crippen LogP) is 4.20. The Morgan fingerprint density at radius 2 is 1.65 bits per heavy atom. The van der Waals surface area contributed by atoms with Crippen LogP contribution in [0, 0.1) is 10.1 Å². The molecule has 3 aliphatic heterocycles. The predicted molar refractivity (Wildman–Crippen MR) is 124 cm³/mol. The summed E-state index contributed by atoms with van der Waals surface area (Å²) >= 11 is 0. The number of piperazine rings is 1. The average molecular weight is 510 g/mol. The van der Waals surface area contributed by atoms with Crippen molar-refractivity contribution in [3.05, 3.63) is 81.9 Å². The van der Waals surface area contributed by atoms with Gasteiger partial charge >= 0.3 is 12.2 Å². The summed E-state index contributed by atoms with van der Waals surface area (Å²) in [6.07, 6.45) is -4.15. The summed E-state index contributed by atoms with van der Waals surface area (Å²) in [5.41, 5.74) is -0.763. The number of fused-ring (bicyclic) bond motifs is 6. The van der Waals surface area contributed by atoms with Gasteiger partial charge in [-0.3, -0.25) is 19.7 Å². The second-order valence-electron chi connectivity index (χ2n) is 9.20. The van der Waals surface area contributed by atoms with Gasteiger partial charge in [-0.1, -0.05) is 18.2 Å². The normalized spacial score (nSPS) is 22.8. The van der Waals surface area contributed by atoms with E-state index in [2.05, 4.69) is 0 Å². The van der Waals surface area contributed by atoms with Crippen molar-refractivity contribution >= 4 is 40.0 Å². The molecule has 0 aliphatic carbocycles. The number of likely N-dealkylation sites (tertiary alicyclic amines) is 1. The van der Waals surface area contributed by atoms with Crippen molar-refractivity contribution in [2.45, 2.75) is 30.7 Å². The Hall–Kier alpha value is -4.48. The molecule has 0 aromatic heterocycles. The van der Waals surface area contributed by atoms with Crippen LogP contribution in [0.1, 0.15) is 22.3 Å². The van der Waals surface area contributed by atoms with Crippen LogP contribution in [0.2, 0.25) is 0 Å². The van der Waals surface area contributed by atoms with Crippen molar-refractivity contribution < 1.29 is 32.5 Å². The number of nitrogens with zero attached hydrogens (tertiary/aromatic N) is 4.